The highest BCUT2D eigenvalue weighted by Gasteiger charge is 2.21. The van der Waals surface area contributed by atoms with E-state index in [1.807, 2.05) is 38.1 Å². The van der Waals surface area contributed by atoms with Gasteiger partial charge in [0.05, 0.1) is 11.2 Å². The largest absolute Gasteiger partial charge is 0.386 e. The zero-order valence-corrected chi connectivity index (χ0v) is 10.2. The Labute approximate surface area is 91.9 Å². The monoisotopic (exact) mass is 208 g/mol. The average Bonchev–Trinajstić information content (AvgIpc) is 2.17. The van der Waals surface area contributed by atoms with Crippen molar-refractivity contribution in [2.45, 2.75) is 38.9 Å². The zero-order valence-electron chi connectivity index (χ0n) is 10.2. The molecule has 2 heteroatoms. The van der Waals surface area contributed by atoms with Gasteiger partial charge in [-0.2, -0.15) is 0 Å². The van der Waals surface area contributed by atoms with Crippen LogP contribution in [-0.2, 0) is 15.9 Å². The average molecular weight is 208 g/mol. The van der Waals surface area contributed by atoms with E-state index in [1.165, 1.54) is 0 Å². The summed E-state index contributed by atoms with van der Waals surface area (Å²) >= 11 is 0. The molecule has 1 rings (SSSR count). The summed E-state index contributed by atoms with van der Waals surface area (Å²) in [4.78, 5) is 0. The Bertz CT molecular complexity index is 317. The van der Waals surface area contributed by atoms with E-state index in [4.69, 9.17) is 4.74 Å². The normalized spacial score (nSPS) is 12.9. The molecule has 15 heavy (non-hydrogen) atoms. The maximum atomic E-state index is 9.81. The van der Waals surface area contributed by atoms with Crippen molar-refractivity contribution in [1.29, 1.82) is 0 Å². The third-order valence-electron chi connectivity index (χ3n) is 2.80. The van der Waals surface area contributed by atoms with Gasteiger partial charge >= 0.3 is 0 Å². The molecule has 0 aromatic heterocycles. The smallest absolute Gasteiger partial charge is 0.0871 e. The molecule has 0 heterocycles. The van der Waals surface area contributed by atoms with Gasteiger partial charge in [-0.15, -0.1) is 0 Å². The van der Waals surface area contributed by atoms with Gasteiger partial charge in [0.25, 0.3) is 0 Å². The quantitative estimate of drug-likeness (QED) is 0.827. The molecule has 0 aliphatic carbocycles. The van der Waals surface area contributed by atoms with Gasteiger partial charge in [-0.3, -0.25) is 0 Å². The SMILES string of the molecule is COC(C)(C)c1ccc(C(C)(C)O)cc1. The van der Waals surface area contributed by atoms with Crippen LogP contribution in [0, 0.1) is 0 Å². The van der Waals surface area contributed by atoms with E-state index in [0.29, 0.717) is 0 Å². The maximum Gasteiger partial charge on any atom is 0.0871 e. The van der Waals surface area contributed by atoms with Crippen molar-refractivity contribution in [2.24, 2.45) is 0 Å². The summed E-state index contributed by atoms with van der Waals surface area (Å²) in [6, 6.07) is 7.87. The van der Waals surface area contributed by atoms with Gasteiger partial charge in [0.2, 0.25) is 0 Å². The fraction of sp³-hybridized carbons (Fsp3) is 0.538. The minimum absolute atomic E-state index is 0.280. The highest BCUT2D eigenvalue weighted by molar-refractivity contribution is 5.29. The first kappa shape index (κ1) is 12.2. The molecule has 0 unspecified atom stereocenters. The third-order valence-corrected chi connectivity index (χ3v) is 2.80. The van der Waals surface area contributed by atoms with Gasteiger partial charge in [0, 0.05) is 7.11 Å². The second-order valence-electron chi connectivity index (χ2n) is 4.85. The number of methoxy groups -OCH3 is 1. The summed E-state index contributed by atoms with van der Waals surface area (Å²) in [6.45, 7) is 7.60. The Hall–Kier alpha value is -0.860. The summed E-state index contributed by atoms with van der Waals surface area (Å²) in [5.74, 6) is 0. The van der Waals surface area contributed by atoms with Crippen molar-refractivity contribution >= 4 is 0 Å². The molecule has 0 aliphatic rings. The predicted molar refractivity (Wildman–Crippen MR) is 61.7 cm³/mol. The summed E-state index contributed by atoms with van der Waals surface area (Å²) in [6.07, 6.45) is 0. The summed E-state index contributed by atoms with van der Waals surface area (Å²) < 4.78 is 5.39. The second kappa shape index (κ2) is 3.95. The van der Waals surface area contributed by atoms with Crippen LogP contribution in [0.25, 0.3) is 0 Å². The van der Waals surface area contributed by atoms with Crippen molar-refractivity contribution in [1.82, 2.24) is 0 Å². The van der Waals surface area contributed by atoms with Gasteiger partial charge < -0.3 is 9.84 Å². The van der Waals surface area contributed by atoms with E-state index >= 15 is 0 Å². The van der Waals surface area contributed by atoms with E-state index < -0.39 is 5.60 Å². The standard InChI is InChI=1S/C13H20O2/c1-12(2,14)10-6-8-11(9-7-10)13(3,4)15-5/h6-9,14H,1-5H3. The third kappa shape index (κ3) is 2.80. The van der Waals surface area contributed by atoms with Crippen molar-refractivity contribution in [3.63, 3.8) is 0 Å². The van der Waals surface area contributed by atoms with Gasteiger partial charge in [0.1, 0.15) is 0 Å². The molecule has 84 valence electrons. The molecule has 0 amide bonds. The molecule has 0 fully saturated rings. The summed E-state index contributed by atoms with van der Waals surface area (Å²) in [5.41, 5.74) is 0.963. The summed E-state index contributed by atoms with van der Waals surface area (Å²) in [5, 5.41) is 9.81. The Kier molecular flexibility index (Phi) is 3.22. The Morgan fingerprint density at radius 2 is 1.33 bits per heavy atom. The lowest BCUT2D eigenvalue weighted by atomic mass is 9.92. The van der Waals surface area contributed by atoms with Crippen molar-refractivity contribution in [2.75, 3.05) is 7.11 Å². The highest BCUT2D eigenvalue weighted by Crippen LogP contribution is 2.26. The van der Waals surface area contributed by atoms with Crippen LogP contribution in [0.5, 0.6) is 0 Å². The molecule has 0 radical (unpaired) electrons. The van der Waals surface area contributed by atoms with Crippen LogP contribution in [0.3, 0.4) is 0 Å². The fourth-order valence-corrected chi connectivity index (χ4v) is 1.40. The van der Waals surface area contributed by atoms with E-state index in [0.717, 1.165) is 11.1 Å². The van der Waals surface area contributed by atoms with Gasteiger partial charge in [-0.1, -0.05) is 24.3 Å². The number of hydrogen-bond acceptors (Lipinski definition) is 2. The molecule has 0 spiro atoms. The van der Waals surface area contributed by atoms with E-state index in [-0.39, 0.29) is 5.60 Å². The topological polar surface area (TPSA) is 29.5 Å². The summed E-state index contributed by atoms with van der Waals surface area (Å²) in [7, 11) is 1.70. The van der Waals surface area contributed by atoms with Gasteiger partial charge in [-0.25, -0.2) is 0 Å². The van der Waals surface area contributed by atoms with E-state index in [9.17, 15) is 5.11 Å². The molecule has 0 saturated heterocycles. The molecule has 0 aliphatic heterocycles. The maximum absolute atomic E-state index is 9.81. The Morgan fingerprint density at radius 3 is 1.67 bits per heavy atom. The van der Waals surface area contributed by atoms with Gasteiger partial charge in [0.15, 0.2) is 0 Å². The molecule has 1 aromatic carbocycles. The van der Waals surface area contributed by atoms with Crippen LogP contribution < -0.4 is 0 Å². The molecular formula is C13H20O2. The van der Waals surface area contributed by atoms with E-state index in [2.05, 4.69) is 0 Å². The molecular weight excluding hydrogens is 188 g/mol. The van der Waals surface area contributed by atoms with Crippen molar-refractivity contribution < 1.29 is 9.84 Å². The van der Waals surface area contributed by atoms with Gasteiger partial charge in [-0.05, 0) is 38.8 Å². The first-order valence-corrected chi connectivity index (χ1v) is 5.16. The number of aliphatic hydroxyl groups is 1. The van der Waals surface area contributed by atoms with E-state index in [1.54, 1.807) is 21.0 Å². The lowest BCUT2D eigenvalue weighted by Crippen LogP contribution is -2.20. The fourth-order valence-electron chi connectivity index (χ4n) is 1.40. The molecule has 0 saturated carbocycles. The molecule has 1 aromatic rings. The lowest BCUT2D eigenvalue weighted by Gasteiger charge is -2.25. The number of hydrogen-bond donors (Lipinski definition) is 1. The van der Waals surface area contributed by atoms with Crippen LogP contribution in [-0.4, -0.2) is 12.2 Å². The lowest BCUT2D eigenvalue weighted by molar-refractivity contribution is 0.0190. The Balaban J connectivity index is 3.01. The second-order valence-corrected chi connectivity index (χ2v) is 4.85. The highest BCUT2D eigenvalue weighted by atomic mass is 16.5. The van der Waals surface area contributed by atoms with Crippen LogP contribution >= 0.6 is 0 Å². The van der Waals surface area contributed by atoms with Crippen LogP contribution in [0.2, 0.25) is 0 Å². The first-order chi connectivity index (χ1) is 6.77. The van der Waals surface area contributed by atoms with Crippen molar-refractivity contribution in [3.05, 3.63) is 35.4 Å². The minimum atomic E-state index is -0.782. The van der Waals surface area contributed by atoms with Crippen molar-refractivity contribution in [3.8, 4) is 0 Å². The molecule has 1 N–H and O–H groups in total. The molecule has 2 nitrogen and oxygen atoms in total. The van der Waals surface area contributed by atoms with Crippen LogP contribution in [0.1, 0.15) is 38.8 Å². The predicted octanol–water partition coefficient (Wildman–Crippen LogP) is 2.80. The number of benzene rings is 1. The number of ether oxygens (including phenoxy) is 1. The van der Waals surface area contributed by atoms with Crippen LogP contribution in [0.4, 0.5) is 0 Å². The Morgan fingerprint density at radius 1 is 0.933 bits per heavy atom. The molecule has 0 atom stereocenters. The number of rotatable bonds is 3. The van der Waals surface area contributed by atoms with Crippen LogP contribution in [0.15, 0.2) is 24.3 Å². The molecule has 0 bridgehead atoms. The first-order valence-electron chi connectivity index (χ1n) is 5.16. The zero-order chi connectivity index (χ0) is 11.7. The minimum Gasteiger partial charge on any atom is -0.386 e.